The molecular formula is C13H10BrFN2S. The van der Waals surface area contributed by atoms with Crippen LogP contribution in [0.4, 0.5) is 4.39 Å². The molecule has 18 heavy (non-hydrogen) atoms. The summed E-state index contributed by atoms with van der Waals surface area (Å²) in [6.45, 7) is 1.16. The Morgan fingerprint density at radius 3 is 2.78 bits per heavy atom. The molecule has 1 aromatic carbocycles. The average Bonchev–Trinajstić information content (AvgIpc) is 2.77. The quantitative estimate of drug-likeness (QED) is 0.928. The number of rotatable bonds is 4. The zero-order chi connectivity index (χ0) is 13.0. The minimum Gasteiger partial charge on any atom is -0.308 e. The van der Waals surface area contributed by atoms with E-state index >= 15 is 0 Å². The number of nitrogens with one attached hydrogen (secondary N) is 1. The molecule has 0 atom stereocenters. The van der Waals surface area contributed by atoms with E-state index < -0.39 is 0 Å². The van der Waals surface area contributed by atoms with Gasteiger partial charge in [0.05, 0.1) is 11.6 Å². The van der Waals surface area contributed by atoms with Gasteiger partial charge >= 0.3 is 0 Å². The fraction of sp³-hybridized carbons (Fsp3) is 0.154. The second kappa shape index (κ2) is 6.10. The van der Waals surface area contributed by atoms with Crippen molar-refractivity contribution in [2.45, 2.75) is 13.1 Å². The largest absolute Gasteiger partial charge is 0.308 e. The number of thiophene rings is 1. The van der Waals surface area contributed by atoms with Crippen molar-refractivity contribution in [2.24, 2.45) is 0 Å². The van der Waals surface area contributed by atoms with Gasteiger partial charge in [-0.25, -0.2) is 4.39 Å². The normalized spacial score (nSPS) is 10.3. The number of nitrogens with zero attached hydrogens (tertiary/aromatic N) is 1. The molecule has 0 amide bonds. The Hall–Kier alpha value is -1.22. The van der Waals surface area contributed by atoms with Crippen molar-refractivity contribution in [3.8, 4) is 6.07 Å². The van der Waals surface area contributed by atoms with E-state index in [2.05, 4.69) is 21.2 Å². The third-order valence-corrected chi connectivity index (χ3v) is 4.12. The average molecular weight is 325 g/mol. The summed E-state index contributed by atoms with van der Waals surface area (Å²) in [7, 11) is 0. The lowest BCUT2D eigenvalue weighted by Crippen LogP contribution is -2.12. The minimum atomic E-state index is -0.339. The van der Waals surface area contributed by atoms with Gasteiger partial charge in [0.1, 0.15) is 5.82 Å². The van der Waals surface area contributed by atoms with Crippen LogP contribution in [0.3, 0.4) is 0 Å². The maximum absolute atomic E-state index is 13.6. The molecule has 0 bridgehead atoms. The lowest BCUT2D eigenvalue weighted by molar-refractivity contribution is 0.588. The van der Waals surface area contributed by atoms with Gasteiger partial charge in [-0.2, -0.15) is 5.26 Å². The van der Waals surface area contributed by atoms with Crippen LogP contribution >= 0.6 is 27.3 Å². The summed E-state index contributed by atoms with van der Waals surface area (Å²) in [4.78, 5) is 1.19. The van der Waals surface area contributed by atoms with Crippen molar-refractivity contribution < 1.29 is 4.39 Å². The van der Waals surface area contributed by atoms with Gasteiger partial charge in [-0.3, -0.25) is 0 Å². The van der Waals surface area contributed by atoms with Crippen LogP contribution in [0, 0.1) is 17.1 Å². The van der Waals surface area contributed by atoms with Crippen LogP contribution in [-0.4, -0.2) is 0 Å². The number of nitriles is 1. The van der Waals surface area contributed by atoms with Crippen LogP contribution in [0.25, 0.3) is 0 Å². The van der Waals surface area contributed by atoms with E-state index in [1.54, 1.807) is 23.5 Å². The van der Waals surface area contributed by atoms with E-state index in [0.717, 1.165) is 4.47 Å². The third kappa shape index (κ3) is 3.39. The molecule has 0 saturated heterocycles. The summed E-state index contributed by atoms with van der Waals surface area (Å²) in [6, 6.07) is 8.48. The number of hydrogen-bond acceptors (Lipinski definition) is 3. The van der Waals surface area contributed by atoms with Gasteiger partial charge in [0.2, 0.25) is 0 Å². The molecule has 0 fully saturated rings. The number of benzene rings is 1. The Kier molecular flexibility index (Phi) is 4.48. The van der Waals surface area contributed by atoms with E-state index in [1.165, 1.54) is 10.9 Å². The van der Waals surface area contributed by atoms with Gasteiger partial charge in [-0.1, -0.05) is 6.07 Å². The summed E-state index contributed by atoms with van der Waals surface area (Å²) in [5.41, 5.74) is 0.919. The van der Waals surface area contributed by atoms with E-state index in [0.29, 0.717) is 24.2 Å². The van der Waals surface area contributed by atoms with Crippen LogP contribution < -0.4 is 5.32 Å². The fourth-order valence-electron chi connectivity index (χ4n) is 1.53. The van der Waals surface area contributed by atoms with E-state index in [4.69, 9.17) is 5.26 Å². The highest BCUT2D eigenvalue weighted by atomic mass is 79.9. The highest BCUT2D eigenvalue weighted by Gasteiger charge is 2.03. The van der Waals surface area contributed by atoms with Crippen LogP contribution in [0.1, 0.15) is 16.0 Å². The van der Waals surface area contributed by atoms with Gasteiger partial charge in [0.25, 0.3) is 0 Å². The molecule has 0 radical (unpaired) electrons. The second-order valence-corrected chi connectivity index (χ2v) is 5.66. The molecule has 92 valence electrons. The van der Waals surface area contributed by atoms with E-state index in [-0.39, 0.29) is 5.82 Å². The van der Waals surface area contributed by atoms with E-state index in [1.807, 2.05) is 17.5 Å². The van der Waals surface area contributed by atoms with Crippen LogP contribution in [0.2, 0.25) is 0 Å². The molecule has 0 saturated carbocycles. The summed E-state index contributed by atoms with van der Waals surface area (Å²) in [5.74, 6) is -0.339. The monoisotopic (exact) mass is 324 g/mol. The Balaban J connectivity index is 1.92. The van der Waals surface area contributed by atoms with Crippen molar-refractivity contribution in [3.63, 3.8) is 0 Å². The number of halogens is 2. The van der Waals surface area contributed by atoms with Crippen LogP contribution in [0.15, 0.2) is 34.1 Å². The molecule has 0 aliphatic rings. The first-order valence-corrected chi connectivity index (χ1v) is 6.98. The summed E-state index contributed by atoms with van der Waals surface area (Å²) in [6.07, 6.45) is 0. The molecule has 1 aromatic heterocycles. The highest BCUT2D eigenvalue weighted by molar-refractivity contribution is 9.10. The van der Waals surface area contributed by atoms with Crippen molar-refractivity contribution in [2.75, 3.05) is 0 Å². The first-order chi connectivity index (χ1) is 8.69. The fourth-order valence-corrected chi connectivity index (χ4v) is 2.95. The molecule has 0 aliphatic carbocycles. The molecule has 0 unspecified atom stereocenters. The first-order valence-electron chi connectivity index (χ1n) is 5.31. The molecule has 2 nitrogen and oxygen atoms in total. The Morgan fingerprint density at radius 1 is 1.33 bits per heavy atom. The predicted molar refractivity (Wildman–Crippen MR) is 73.7 cm³/mol. The third-order valence-electron chi connectivity index (χ3n) is 2.42. The van der Waals surface area contributed by atoms with Gasteiger partial charge in [0, 0.05) is 33.4 Å². The second-order valence-electron chi connectivity index (χ2n) is 3.75. The SMILES string of the molecule is N#Cc1ccc(CNCc2cc(Br)cs2)c(F)c1. The van der Waals surface area contributed by atoms with Crippen molar-refractivity contribution >= 4 is 27.3 Å². The molecule has 0 aliphatic heterocycles. The maximum atomic E-state index is 13.6. The molecule has 1 heterocycles. The van der Waals surface area contributed by atoms with Gasteiger partial charge in [-0.15, -0.1) is 11.3 Å². The molecule has 0 spiro atoms. The van der Waals surface area contributed by atoms with Crippen molar-refractivity contribution in [1.29, 1.82) is 5.26 Å². The standard InChI is InChI=1S/C13H10BrFN2S/c14-11-4-12(18-8-11)7-17-6-10-2-1-9(5-16)3-13(10)15/h1-4,8,17H,6-7H2. The lowest BCUT2D eigenvalue weighted by Gasteiger charge is -2.05. The molecular weight excluding hydrogens is 315 g/mol. The summed E-state index contributed by atoms with van der Waals surface area (Å²) >= 11 is 5.04. The minimum absolute atomic E-state index is 0.339. The lowest BCUT2D eigenvalue weighted by atomic mass is 10.1. The van der Waals surface area contributed by atoms with Crippen LogP contribution in [-0.2, 0) is 13.1 Å². The smallest absolute Gasteiger partial charge is 0.129 e. The Bertz CT molecular complexity index is 589. The van der Waals surface area contributed by atoms with Gasteiger partial charge < -0.3 is 5.32 Å². The summed E-state index contributed by atoms with van der Waals surface area (Å²) in [5, 5.41) is 13.8. The Labute approximate surface area is 117 Å². The topological polar surface area (TPSA) is 35.8 Å². The molecule has 5 heteroatoms. The van der Waals surface area contributed by atoms with Crippen molar-refractivity contribution in [1.82, 2.24) is 5.32 Å². The predicted octanol–water partition coefficient (Wildman–Crippen LogP) is 3.81. The molecule has 2 rings (SSSR count). The number of hydrogen-bond donors (Lipinski definition) is 1. The molecule has 1 N–H and O–H groups in total. The highest BCUT2D eigenvalue weighted by Crippen LogP contribution is 2.19. The Morgan fingerprint density at radius 2 is 2.17 bits per heavy atom. The van der Waals surface area contributed by atoms with Crippen LogP contribution in [0.5, 0.6) is 0 Å². The molecule has 2 aromatic rings. The summed E-state index contributed by atoms with van der Waals surface area (Å²) < 4.78 is 14.6. The zero-order valence-corrected chi connectivity index (χ0v) is 11.8. The maximum Gasteiger partial charge on any atom is 0.129 e. The van der Waals surface area contributed by atoms with Crippen molar-refractivity contribution in [3.05, 3.63) is 55.9 Å². The van der Waals surface area contributed by atoms with Gasteiger partial charge in [-0.05, 0) is 34.1 Å². The zero-order valence-electron chi connectivity index (χ0n) is 9.41. The first kappa shape index (κ1) is 13.2. The van der Waals surface area contributed by atoms with E-state index in [9.17, 15) is 4.39 Å². The van der Waals surface area contributed by atoms with Gasteiger partial charge in [0.15, 0.2) is 0 Å².